The van der Waals surface area contributed by atoms with Crippen molar-refractivity contribution in [3.63, 3.8) is 0 Å². The van der Waals surface area contributed by atoms with Gasteiger partial charge in [-0.25, -0.2) is 4.98 Å². The van der Waals surface area contributed by atoms with Gasteiger partial charge in [-0.15, -0.1) is 0 Å². The summed E-state index contributed by atoms with van der Waals surface area (Å²) in [6, 6.07) is 14.7. The molecule has 0 fully saturated rings. The summed E-state index contributed by atoms with van der Waals surface area (Å²) in [4.78, 5) is 16.5. The Kier molecular flexibility index (Phi) is 7.31. The minimum atomic E-state index is 0.166. The van der Waals surface area contributed by atoms with Gasteiger partial charge in [0.2, 0.25) is 5.75 Å². The van der Waals surface area contributed by atoms with Crippen molar-refractivity contribution < 1.29 is 14.2 Å². The minimum Gasteiger partial charge on any atom is -0.493 e. The molecule has 0 aliphatic carbocycles. The topological polar surface area (TPSA) is 105 Å². The summed E-state index contributed by atoms with van der Waals surface area (Å²) in [6.07, 6.45) is 6.91. The van der Waals surface area contributed by atoms with E-state index in [1.54, 1.807) is 50.0 Å². The van der Waals surface area contributed by atoms with Crippen molar-refractivity contribution >= 4 is 5.82 Å². The molecule has 3 heterocycles. The monoisotopic (exact) mass is 417 g/mol. The number of anilines is 1. The SMILES string of the molecule is COc1ccccc1Oc1c(N)nc(-c2ccncc2)nc1OC.Cc1cccnc1. The van der Waals surface area contributed by atoms with Crippen molar-refractivity contribution in [2.45, 2.75) is 6.92 Å². The maximum Gasteiger partial charge on any atom is 0.263 e. The zero-order chi connectivity index (χ0) is 22.1. The van der Waals surface area contributed by atoms with E-state index in [9.17, 15) is 0 Å². The molecule has 0 radical (unpaired) electrons. The Hall–Kier alpha value is -4.20. The lowest BCUT2D eigenvalue weighted by Crippen LogP contribution is -2.03. The normalized spacial score (nSPS) is 9.90. The number of benzene rings is 1. The molecule has 3 aromatic heterocycles. The number of ether oxygens (including phenoxy) is 3. The summed E-state index contributed by atoms with van der Waals surface area (Å²) >= 11 is 0. The van der Waals surface area contributed by atoms with Crippen molar-refractivity contribution in [1.82, 2.24) is 19.9 Å². The van der Waals surface area contributed by atoms with Gasteiger partial charge in [0.1, 0.15) is 0 Å². The van der Waals surface area contributed by atoms with E-state index in [4.69, 9.17) is 19.9 Å². The van der Waals surface area contributed by atoms with Crippen LogP contribution in [0.4, 0.5) is 5.82 Å². The Balaban J connectivity index is 0.000000330. The van der Waals surface area contributed by atoms with Gasteiger partial charge < -0.3 is 19.9 Å². The van der Waals surface area contributed by atoms with Crippen LogP contribution in [0.2, 0.25) is 0 Å². The van der Waals surface area contributed by atoms with Crippen LogP contribution in [0.15, 0.2) is 73.3 Å². The molecule has 31 heavy (non-hydrogen) atoms. The third-order valence-electron chi connectivity index (χ3n) is 4.08. The average Bonchev–Trinajstić information content (AvgIpc) is 2.82. The molecule has 0 spiro atoms. The van der Waals surface area contributed by atoms with Crippen molar-refractivity contribution in [2.75, 3.05) is 20.0 Å². The van der Waals surface area contributed by atoms with Gasteiger partial charge in [0.25, 0.3) is 5.88 Å². The number of pyridine rings is 2. The maximum atomic E-state index is 6.06. The molecule has 0 saturated carbocycles. The van der Waals surface area contributed by atoms with E-state index in [1.165, 1.54) is 12.7 Å². The molecule has 0 aliphatic rings. The van der Waals surface area contributed by atoms with Gasteiger partial charge in [0, 0.05) is 30.4 Å². The number of nitrogen functional groups attached to an aromatic ring is 1. The molecule has 0 aliphatic heterocycles. The van der Waals surface area contributed by atoms with Gasteiger partial charge in [0.05, 0.1) is 14.2 Å². The summed E-state index contributed by atoms with van der Waals surface area (Å²) in [5.74, 6) is 2.13. The highest BCUT2D eigenvalue weighted by Gasteiger charge is 2.18. The highest BCUT2D eigenvalue weighted by Crippen LogP contribution is 2.39. The first-order chi connectivity index (χ1) is 15.1. The molecule has 4 aromatic rings. The second-order valence-corrected chi connectivity index (χ2v) is 6.29. The molecule has 0 unspecified atom stereocenters. The first-order valence-electron chi connectivity index (χ1n) is 9.41. The van der Waals surface area contributed by atoms with Crippen molar-refractivity contribution in [2.24, 2.45) is 0 Å². The van der Waals surface area contributed by atoms with Crippen LogP contribution < -0.4 is 19.9 Å². The quantitative estimate of drug-likeness (QED) is 0.512. The predicted molar refractivity (Wildman–Crippen MR) is 118 cm³/mol. The Labute approximate surface area is 180 Å². The van der Waals surface area contributed by atoms with E-state index >= 15 is 0 Å². The molecular formula is C23H23N5O3. The summed E-state index contributed by atoms with van der Waals surface area (Å²) in [5.41, 5.74) is 8.05. The number of nitrogens with zero attached hydrogens (tertiary/aromatic N) is 4. The Morgan fingerprint density at radius 2 is 1.52 bits per heavy atom. The number of hydrogen-bond donors (Lipinski definition) is 1. The van der Waals surface area contributed by atoms with E-state index in [0.717, 1.165) is 5.56 Å². The number of hydrogen-bond acceptors (Lipinski definition) is 8. The largest absolute Gasteiger partial charge is 0.493 e. The molecule has 0 bridgehead atoms. The number of nitrogens with two attached hydrogens (primary N) is 1. The van der Waals surface area contributed by atoms with Crippen LogP contribution in [0.5, 0.6) is 23.1 Å². The first-order valence-corrected chi connectivity index (χ1v) is 9.41. The molecule has 0 atom stereocenters. The molecule has 2 N–H and O–H groups in total. The van der Waals surface area contributed by atoms with E-state index in [2.05, 4.69) is 19.9 Å². The van der Waals surface area contributed by atoms with Gasteiger partial charge in [-0.3, -0.25) is 9.97 Å². The maximum absolute atomic E-state index is 6.06. The summed E-state index contributed by atoms with van der Waals surface area (Å²) in [7, 11) is 3.05. The lowest BCUT2D eigenvalue weighted by atomic mass is 10.2. The zero-order valence-electron chi connectivity index (χ0n) is 17.5. The first kappa shape index (κ1) is 21.5. The van der Waals surface area contributed by atoms with Crippen LogP contribution in [0.3, 0.4) is 0 Å². The standard InChI is InChI=1S/C17H16N4O3.C6H7N/c1-22-12-5-3-4-6-13(12)24-14-15(18)20-16(21-17(14)23-2)11-7-9-19-10-8-11;1-6-3-2-4-7-5-6/h3-10H,1-2H3,(H2,18,20,21);2-5H,1H3. The third-order valence-corrected chi connectivity index (χ3v) is 4.08. The molecule has 0 amide bonds. The minimum absolute atomic E-state index is 0.166. The number of aryl methyl sites for hydroxylation is 1. The third kappa shape index (κ3) is 5.66. The fourth-order valence-electron chi connectivity index (χ4n) is 2.57. The highest BCUT2D eigenvalue weighted by molar-refractivity contribution is 5.63. The van der Waals surface area contributed by atoms with Crippen LogP contribution in [0.1, 0.15) is 5.56 Å². The van der Waals surface area contributed by atoms with Crippen LogP contribution in [-0.2, 0) is 0 Å². The molecular weight excluding hydrogens is 394 g/mol. The summed E-state index contributed by atoms with van der Waals surface area (Å²) in [5, 5.41) is 0. The van der Waals surface area contributed by atoms with Gasteiger partial charge in [-0.1, -0.05) is 18.2 Å². The fourth-order valence-corrected chi connectivity index (χ4v) is 2.57. The summed E-state index contributed by atoms with van der Waals surface area (Å²) < 4.78 is 16.4. The van der Waals surface area contributed by atoms with E-state index in [0.29, 0.717) is 17.3 Å². The van der Waals surface area contributed by atoms with Crippen LogP contribution in [0.25, 0.3) is 11.4 Å². The Morgan fingerprint density at radius 1 is 0.774 bits per heavy atom. The molecule has 158 valence electrons. The Morgan fingerprint density at radius 3 is 2.10 bits per heavy atom. The van der Waals surface area contributed by atoms with Crippen molar-refractivity contribution in [1.29, 1.82) is 0 Å². The van der Waals surface area contributed by atoms with Crippen LogP contribution >= 0.6 is 0 Å². The van der Waals surface area contributed by atoms with Gasteiger partial charge >= 0.3 is 0 Å². The molecule has 0 saturated heterocycles. The van der Waals surface area contributed by atoms with Gasteiger partial charge in [-0.05, 0) is 42.8 Å². The fraction of sp³-hybridized carbons (Fsp3) is 0.130. The Bertz CT molecular complexity index is 1110. The van der Waals surface area contributed by atoms with Gasteiger partial charge in [0.15, 0.2) is 23.1 Å². The molecule has 4 rings (SSSR count). The van der Waals surface area contributed by atoms with Crippen LogP contribution in [0, 0.1) is 6.92 Å². The van der Waals surface area contributed by atoms with E-state index in [-0.39, 0.29) is 17.4 Å². The van der Waals surface area contributed by atoms with Gasteiger partial charge in [-0.2, -0.15) is 4.98 Å². The predicted octanol–water partition coefficient (Wildman–Crippen LogP) is 4.32. The van der Waals surface area contributed by atoms with Crippen molar-refractivity contribution in [3.05, 3.63) is 78.9 Å². The number of rotatable bonds is 5. The van der Waals surface area contributed by atoms with Crippen molar-refractivity contribution in [3.8, 4) is 34.5 Å². The van der Waals surface area contributed by atoms with E-state index in [1.807, 2.05) is 37.4 Å². The highest BCUT2D eigenvalue weighted by atomic mass is 16.5. The average molecular weight is 417 g/mol. The number of methoxy groups -OCH3 is 2. The lowest BCUT2D eigenvalue weighted by molar-refractivity contribution is 0.348. The smallest absolute Gasteiger partial charge is 0.263 e. The number of para-hydroxylation sites is 2. The zero-order valence-corrected chi connectivity index (χ0v) is 17.5. The number of aromatic nitrogens is 4. The molecule has 1 aromatic carbocycles. The molecule has 8 nitrogen and oxygen atoms in total. The van der Waals surface area contributed by atoms with Crippen LogP contribution in [-0.4, -0.2) is 34.2 Å². The molecule has 8 heteroatoms. The second kappa shape index (κ2) is 10.5. The van der Waals surface area contributed by atoms with E-state index < -0.39 is 0 Å². The second-order valence-electron chi connectivity index (χ2n) is 6.29. The lowest BCUT2D eigenvalue weighted by Gasteiger charge is -2.14. The summed E-state index contributed by atoms with van der Waals surface area (Å²) in [6.45, 7) is 2.02.